The quantitative estimate of drug-likeness (QED) is 0.140. The molecule has 3 N–H and O–H groups in total. The lowest BCUT2D eigenvalue weighted by atomic mass is 9.83. The number of hydrogen-bond donors (Lipinski definition) is 3. The predicted octanol–water partition coefficient (Wildman–Crippen LogP) is 5.75. The molecule has 0 aliphatic carbocycles. The van der Waals surface area contributed by atoms with Crippen LogP contribution < -0.4 is 0 Å². The maximum Gasteiger partial charge on any atom is 0.161 e. The third-order valence-corrected chi connectivity index (χ3v) is 10.7. The molecular weight excluding hydrogens is 652 g/mol. The Morgan fingerprint density at radius 3 is 2.04 bits per heavy atom. The van der Waals surface area contributed by atoms with E-state index in [4.69, 9.17) is 23.7 Å². The van der Waals surface area contributed by atoms with Crippen molar-refractivity contribution in [1.29, 1.82) is 0 Å². The first-order valence-corrected chi connectivity index (χ1v) is 19.7. The second-order valence-electron chi connectivity index (χ2n) is 16.0. The maximum absolute atomic E-state index is 11.7. The second kappa shape index (κ2) is 25.4. The molecule has 2 saturated heterocycles. The van der Waals surface area contributed by atoms with Gasteiger partial charge in [0.2, 0.25) is 0 Å². The molecule has 0 amide bonds. The molecule has 51 heavy (non-hydrogen) atoms. The number of aldehydes is 1. The van der Waals surface area contributed by atoms with Crippen LogP contribution in [0.25, 0.3) is 0 Å². The van der Waals surface area contributed by atoms with E-state index in [0.717, 1.165) is 44.9 Å². The molecule has 0 radical (unpaired) electrons. The van der Waals surface area contributed by atoms with E-state index in [9.17, 15) is 20.1 Å². The zero-order valence-electron chi connectivity index (χ0n) is 35.5. The summed E-state index contributed by atoms with van der Waals surface area (Å²) in [5.74, 6) is 0.832. The Bertz CT molecular complexity index is 882. The first kappa shape index (κ1) is 50.3. The number of rotatable bonds is 19. The second-order valence-corrected chi connectivity index (χ2v) is 16.0. The molecule has 2 heterocycles. The number of hydrogen-bond acceptors (Lipinski definition) is 11. The molecule has 0 aromatic heterocycles. The highest BCUT2D eigenvalue weighted by molar-refractivity contribution is 5.53. The lowest BCUT2D eigenvalue weighted by molar-refractivity contribution is -0.271. The van der Waals surface area contributed by atoms with Crippen LogP contribution in [0.1, 0.15) is 121 Å². The van der Waals surface area contributed by atoms with Gasteiger partial charge in [-0.25, -0.2) is 0 Å². The van der Waals surface area contributed by atoms with Gasteiger partial charge in [0.25, 0.3) is 0 Å². The van der Waals surface area contributed by atoms with Crippen LogP contribution in [0.15, 0.2) is 0 Å². The minimum Gasteiger partial charge on any atom is -0.388 e. The van der Waals surface area contributed by atoms with Gasteiger partial charge >= 0.3 is 0 Å². The van der Waals surface area contributed by atoms with Gasteiger partial charge in [0.1, 0.15) is 12.4 Å². The van der Waals surface area contributed by atoms with E-state index in [-0.39, 0.29) is 42.3 Å². The highest BCUT2D eigenvalue weighted by atomic mass is 16.7. The van der Waals surface area contributed by atoms with E-state index in [1.807, 2.05) is 62.6 Å². The van der Waals surface area contributed by atoms with Crippen molar-refractivity contribution in [1.82, 2.24) is 9.80 Å². The SMILES string of the molecule is CC.CC1CC(N(C)C)CC(O)O1.CCC(OC)[C@@](C)(O)C[C@@H](C)N(C)C[C@H](C)CC(C)CC(C)C(OC1CC(OC)C(O)[C@H](C)O1)C(C)C=O. The summed E-state index contributed by atoms with van der Waals surface area (Å²) in [6.45, 7) is 23.4. The van der Waals surface area contributed by atoms with Gasteiger partial charge in [0.05, 0.1) is 36.1 Å². The lowest BCUT2D eigenvalue weighted by Gasteiger charge is -2.40. The fourth-order valence-corrected chi connectivity index (χ4v) is 7.92. The highest BCUT2D eigenvalue weighted by Crippen LogP contribution is 2.31. The zero-order valence-corrected chi connectivity index (χ0v) is 35.5. The number of carbonyl (C=O) groups is 1. The molecule has 11 unspecified atom stereocenters. The molecule has 0 aromatic rings. The minimum atomic E-state index is -0.866. The Balaban J connectivity index is 0.00000161. The molecule has 2 rings (SSSR count). The number of methoxy groups -OCH3 is 2. The molecule has 0 saturated carbocycles. The molecule has 11 heteroatoms. The van der Waals surface area contributed by atoms with Gasteiger partial charge in [-0.1, -0.05) is 48.5 Å². The van der Waals surface area contributed by atoms with Crippen molar-refractivity contribution in [3.05, 3.63) is 0 Å². The van der Waals surface area contributed by atoms with Crippen LogP contribution >= 0.6 is 0 Å². The van der Waals surface area contributed by atoms with E-state index >= 15 is 0 Å². The van der Waals surface area contributed by atoms with Gasteiger partial charge < -0.3 is 53.6 Å². The summed E-state index contributed by atoms with van der Waals surface area (Å²) in [6, 6.07) is 0.693. The first-order chi connectivity index (χ1) is 23.8. The van der Waals surface area contributed by atoms with E-state index in [2.05, 4.69) is 44.5 Å². The van der Waals surface area contributed by atoms with Gasteiger partial charge in [0, 0.05) is 51.6 Å². The van der Waals surface area contributed by atoms with Gasteiger partial charge in [0.15, 0.2) is 12.6 Å². The molecular formula is C40H82N2O9. The average Bonchev–Trinajstić information content (AvgIpc) is 3.05. The van der Waals surface area contributed by atoms with Crippen LogP contribution in [0, 0.1) is 23.7 Å². The Hall–Kier alpha value is -0.730. The van der Waals surface area contributed by atoms with Gasteiger partial charge in [-0.15, -0.1) is 0 Å². The number of aliphatic hydroxyl groups excluding tert-OH is 2. The molecule has 2 fully saturated rings. The van der Waals surface area contributed by atoms with E-state index < -0.39 is 30.4 Å². The summed E-state index contributed by atoms with van der Waals surface area (Å²) in [4.78, 5) is 16.2. The van der Waals surface area contributed by atoms with Crippen molar-refractivity contribution in [2.75, 3.05) is 41.9 Å². The van der Waals surface area contributed by atoms with Crippen molar-refractivity contribution >= 4 is 6.29 Å². The van der Waals surface area contributed by atoms with E-state index in [1.165, 1.54) is 0 Å². The van der Waals surface area contributed by atoms with Crippen LogP contribution in [0.3, 0.4) is 0 Å². The monoisotopic (exact) mass is 735 g/mol. The predicted molar refractivity (Wildman–Crippen MR) is 206 cm³/mol. The van der Waals surface area contributed by atoms with Crippen LogP contribution in [0.4, 0.5) is 0 Å². The van der Waals surface area contributed by atoms with Crippen molar-refractivity contribution in [2.24, 2.45) is 23.7 Å². The Kier molecular flexibility index (Phi) is 25.0. The standard InChI is InChI=1S/C30H59NO7.C8H17NO2.C2H6/c1-12-26(36-11)30(8,34)16-23(6)31(9)17-20(3)13-19(2)14-21(4)29(22(5)18-32)38-27-15-25(35-10)28(33)24(7)37-27;1-6-4-7(9(2)3)5-8(10)11-6;1-2/h18-29,33-34H,12-17H2,1-11H3;6-8,10H,4-5H2,1-3H3;1-2H3/t19?,20-,21?,22?,23-,24+,25?,26?,27?,28?,29?,30+;;/m1../s1. The third kappa shape index (κ3) is 18.0. The number of aliphatic hydroxyl groups is 3. The molecule has 306 valence electrons. The minimum absolute atomic E-state index is 0.163. The summed E-state index contributed by atoms with van der Waals surface area (Å²) in [7, 11) is 9.45. The van der Waals surface area contributed by atoms with Crippen LogP contribution in [-0.2, 0) is 28.5 Å². The summed E-state index contributed by atoms with van der Waals surface area (Å²) < 4.78 is 28.4. The van der Waals surface area contributed by atoms with Crippen LogP contribution in [0.5, 0.6) is 0 Å². The van der Waals surface area contributed by atoms with Crippen LogP contribution in [0.2, 0.25) is 0 Å². The van der Waals surface area contributed by atoms with Crippen molar-refractivity contribution in [3.63, 3.8) is 0 Å². The van der Waals surface area contributed by atoms with Gasteiger partial charge in [-0.05, 0) is 98.7 Å². The summed E-state index contributed by atoms with van der Waals surface area (Å²) >= 11 is 0. The topological polar surface area (TPSA) is 130 Å². The number of carbonyl (C=O) groups excluding carboxylic acids is 1. The first-order valence-electron chi connectivity index (χ1n) is 19.7. The Labute approximate surface area is 313 Å². The van der Waals surface area contributed by atoms with Crippen molar-refractivity contribution in [3.8, 4) is 0 Å². The number of nitrogens with zero attached hydrogens (tertiary/aromatic N) is 2. The average molecular weight is 735 g/mol. The van der Waals surface area contributed by atoms with Gasteiger partial charge in [-0.2, -0.15) is 0 Å². The lowest BCUT2D eigenvalue weighted by Crippen LogP contribution is -2.50. The Morgan fingerprint density at radius 2 is 1.55 bits per heavy atom. The van der Waals surface area contributed by atoms with E-state index in [0.29, 0.717) is 30.7 Å². The molecule has 0 spiro atoms. The van der Waals surface area contributed by atoms with Crippen LogP contribution in [-0.4, -0.2) is 140 Å². The molecule has 15 atom stereocenters. The third-order valence-electron chi connectivity index (χ3n) is 10.7. The summed E-state index contributed by atoms with van der Waals surface area (Å²) in [6.07, 6.45) is 3.80. The molecule has 2 aliphatic rings. The fraction of sp³-hybridized carbons (Fsp3) is 0.975. The van der Waals surface area contributed by atoms with Crippen molar-refractivity contribution in [2.45, 2.75) is 188 Å². The molecule has 0 aromatic carbocycles. The van der Waals surface area contributed by atoms with E-state index in [1.54, 1.807) is 14.2 Å². The zero-order chi connectivity index (χ0) is 39.6. The smallest absolute Gasteiger partial charge is 0.161 e. The summed E-state index contributed by atoms with van der Waals surface area (Å²) in [5.41, 5.74) is -0.866. The molecule has 11 nitrogen and oxygen atoms in total. The largest absolute Gasteiger partial charge is 0.388 e. The Morgan fingerprint density at radius 1 is 0.941 bits per heavy atom. The number of ether oxygens (including phenoxy) is 5. The normalized spacial score (nSPS) is 30.7. The molecule has 2 aliphatic heterocycles. The highest BCUT2D eigenvalue weighted by Gasteiger charge is 2.39. The summed E-state index contributed by atoms with van der Waals surface area (Å²) in [5, 5.41) is 30.5. The van der Waals surface area contributed by atoms with Gasteiger partial charge in [-0.3, -0.25) is 0 Å². The fourth-order valence-electron chi connectivity index (χ4n) is 7.92. The molecule has 0 bridgehead atoms. The van der Waals surface area contributed by atoms with Crippen molar-refractivity contribution < 1.29 is 43.8 Å². The maximum atomic E-state index is 11.7.